The average Bonchev–Trinajstić information content (AvgIpc) is 2.52. The zero-order chi connectivity index (χ0) is 8.55. The standard InChI is InChI=1S/C10H13NO/c1-12-10-8-4-2-3-7(8)5-6-9(10)11/h5-6H,2-4,11H2,1H3. The van der Waals surface area contributed by atoms with Gasteiger partial charge in [-0.3, -0.25) is 0 Å². The van der Waals surface area contributed by atoms with Gasteiger partial charge in [0.25, 0.3) is 0 Å². The van der Waals surface area contributed by atoms with Crippen LogP contribution in [0.2, 0.25) is 0 Å². The minimum atomic E-state index is 0.762. The van der Waals surface area contributed by atoms with Crippen LogP contribution in [0.25, 0.3) is 0 Å². The summed E-state index contributed by atoms with van der Waals surface area (Å²) in [6, 6.07) is 4.04. The van der Waals surface area contributed by atoms with Gasteiger partial charge in [0.05, 0.1) is 12.8 Å². The summed E-state index contributed by atoms with van der Waals surface area (Å²) in [6.07, 6.45) is 3.52. The molecule has 0 aliphatic heterocycles. The fourth-order valence-corrected chi connectivity index (χ4v) is 1.89. The minimum absolute atomic E-state index is 0.762. The third-order valence-corrected chi connectivity index (χ3v) is 2.46. The van der Waals surface area contributed by atoms with Crippen LogP contribution < -0.4 is 10.5 Å². The Labute approximate surface area is 72.3 Å². The Morgan fingerprint density at radius 3 is 2.92 bits per heavy atom. The molecule has 12 heavy (non-hydrogen) atoms. The lowest BCUT2D eigenvalue weighted by Crippen LogP contribution is -1.96. The third-order valence-electron chi connectivity index (χ3n) is 2.46. The van der Waals surface area contributed by atoms with Crippen LogP contribution in [-0.4, -0.2) is 7.11 Å². The second kappa shape index (κ2) is 2.70. The van der Waals surface area contributed by atoms with Gasteiger partial charge in [-0.05, 0) is 36.5 Å². The first-order chi connectivity index (χ1) is 5.83. The van der Waals surface area contributed by atoms with Gasteiger partial charge in [0.1, 0.15) is 5.75 Å². The molecule has 0 amide bonds. The topological polar surface area (TPSA) is 35.2 Å². The van der Waals surface area contributed by atoms with Crippen molar-refractivity contribution < 1.29 is 4.74 Å². The Hall–Kier alpha value is -1.18. The summed E-state index contributed by atoms with van der Waals surface area (Å²) in [6.45, 7) is 0. The summed E-state index contributed by atoms with van der Waals surface area (Å²) in [7, 11) is 1.68. The van der Waals surface area contributed by atoms with Gasteiger partial charge in [-0.25, -0.2) is 0 Å². The predicted molar refractivity (Wildman–Crippen MR) is 49.4 cm³/mol. The van der Waals surface area contributed by atoms with Crippen LogP contribution in [-0.2, 0) is 12.8 Å². The molecule has 1 aromatic carbocycles. The maximum atomic E-state index is 5.78. The normalized spacial score (nSPS) is 14.4. The monoisotopic (exact) mass is 163 g/mol. The number of hydrogen-bond acceptors (Lipinski definition) is 2. The van der Waals surface area contributed by atoms with E-state index < -0.39 is 0 Å². The van der Waals surface area contributed by atoms with Gasteiger partial charge in [-0.15, -0.1) is 0 Å². The van der Waals surface area contributed by atoms with Crippen molar-refractivity contribution in [2.45, 2.75) is 19.3 Å². The highest BCUT2D eigenvalue weighted by molar-refractivity contribution is 5.60. The maximum Gasteiger partial charge on any atom is 0.145 e. The number of hydrogen-bond donors (Lipinski definition) is 1. The molecule has 0 radical (unpaired) electrons. The van der Waals surface area contributed by atoms with E-state index in [-0.39, 0.29) is 0 Å². The summed E-state index contributed by atoms with van der Waals surface area (Å²) in [4.78, 5) is 0. The number of rotatable bonds is 1. The summed E-state index contributed by atoms with van der Waals surface area (Å²) in [5, 5.41) is 0. The number of nitrogen functional groups attached to an aromatic ring is 1. The predicted octanol–water partition coefficient (Wildman–Crippen LogP) is 1.77. The van der Waals surface area contributed by atoms with Gasteiger partial charge in [0, 0.05) is 0 Å². The van der Waals surface area contributed by atoms with Crippen molar-refractivity contribution in [1.29, 1.82) is 0 Å². The van der Waals surface area contributed by atoms with Crippen molar-refractivity contribution in [3.05, 3.63) is 23.3 Å². The summed E-state index contributed by atoms with van der Waals surface area (Å²) < 4.78 is 5.26. The van der Waals surface area contributed by atoms with Crippen molar-refractivity contribution in [2.24, 2.45) is 0 Å². The smallest absolute Gasteiger partial charge is 0.145 e. The van der Waals surface area contributed by atoms with Crippen molar-refractivity contribution >= 4 is 5.69 Å². The molecule has 1 aliphatic rings. The van der Waals surface area contributed by atoms with Crippen molar-refractivity contribution in [2.75, 3.05) is 12.8 Å². The molecular weight excluding hydrogens is 150 g/mol. The van der Waals surface area contributed by atoms with Crippen LogP contribution in [0.4, 0.5) is 5.69 Å². The minimum Gasteiger partial charge on any atom is -0.494 e. The van der Waals surface area contributed by atoms with Crippen molar-refractivity contribution in [1.82, 2.24) is 0 Å². The lowest BCUT2D eigenvalue weighted by atomic mass is 10.1. The van der Waals surface area contributed by atoms with E-state index in [9.17, 15) is 0 Å². The Balaban J connectivity index is 2.57. The van der Waals surface area contributed by atoms with Gasteiger partial charge in [0.2, 0.25) is 0 Å². The molecule has 0 unspecified atom stereocenters. The molecule has 0 bridgehead atoms. The maximum absolute atomic E-state index is 5.78. The van der Waals surface area contributed by atoms with E-state index >= 15 is 0 Å². The molecule has 64 valence electrons. The van der Waals surface area contributed by atoms with Gasteiger partial charge in [-0.2, -0.15) is 0 Å². The van der Waals surface area contributed by atoms with E-state index in [1.54, 1.807) is 7.11 Å². The molecule has 0 spiro atoms. The molecule has 0 saturated heterocycles. The second-order valence-corrected chi connectivity index (χ2v) is 3.18. The molecule has 0 fully saturated rings. The van der Waals surface area contributed by atoms with Crippen LogP contribution in [0, 0.1) is 0 Å². The summed E-state index contributed by atoms with van der Waals surface area (Å²) in [5.74, 6) is 0.894. The Kier molecular flexibility index (Phi) is 1.68. The zero-order valence-electron chi connectivity index (χ0n) is 7.26. The quantitative estimate of drug-likeness (QED) is 0.640. The van der Waals surface area contributed by atoms with Crippen LogP contribution in [0.15, 0.2) is 12.1 Å². The lowest BCUT2D eigenvalue weighted by Gasteiger charge is -2.09. The fourth-order valence-electron chi connectivity index (χ4n) is 1.89. The first-order valence-corrected chi connectivity index (χ1v) is 4.27. The molecule has 0 heterocycles. The molecule has 2 nitrogen and oxygen atoms in total. The molecule has 1 aliphatic carbocycles. The van der Waals surface area contributed by atoms with Gasteiger partial charge < -0.3 is 10.5 Å². The van der Waals surface area contributed by atoms with E-state index in [1.165, 1.54) is 24.0 Å². The number of benzene rings is 1. The van der Waals surface area contributed by atoms with E-state index in [4.69, 9.17) is 10.5 Å². The number of nitrogens with two attached hydrogens (primary N) is 1. The number of ether oxygens (including phenoxy) is 1. The Bertz CT molecular complexity index is 307. The fraction of sp³-hybridized carbons (Fsp3) is 0.400. The van der Waals surface area contributed by atoms with Crippen LogP contribution in [0.5, 0.6) is 5.75 Å². The van der Waals surface area contributed by atoms with Crippen molar-refractivity contribution in [3.63, 3.8) is 0 Å². The molecule has 2 rings (SSSR count). The van der Waals surface area contributed by atoms with Crippen molar-refractivity contribution in [3.8, 4) is 5.75 Å². The first-order valence-electron chi connectivity index (χ1n) is 4.27. The molecule has 0 aromatic heterocycles. The van der Waals surface area contributed by atoms with Crippen LogP contribution >= 0.6 is 0 Å². The second-order valence-electron chi connectivity index (χ2n) is 3.18. The SMILES string of the molecule is COc1c(N)ccc2c1CCC2. The highest BCUT2D eigenvalue weighted by Gasteiger charge is 2.16. The van der Waals surface area contributed by atoms with E-state index in [0.29, 0.717) is 0 Å². The highest BCUT2D eigenvalue weighted by atomic mass is 16.5. The molecule has 2 N–H and O–H groups in total. The number of fused-ring (bicyclic) bond motifs is 1. The van der Waals surface area contributed by atoms with Gasteiger partial charge in [0.15, 0.2) is 0 Å². The molecule has 1 aromatic rings. The highest BCUT2D eigenvalue weighted by Crippen LogP contribution is 2.34. The zero-order valence-corrected chi connectivity index (χ0v) is 7.26. The molecule has 0 saturated carbocycles. The van der Waals surface area contributed by atoms with E-state index in [1.807, 2.05) is 6.07 Å². The van der Waals surface area contributed by atoms with Crippen LogP contribution in [0.3, 0.4) is 0 Å². The summed E-state index contributed by atoms with van der Waals surface area (Å²) >= 11 is 0. The Morgan fingerprint density at radius 2 is 2.17 bits per heavy atom. The Morgan fingerprint density at radius 1 is 1.33 bits per heavy atom. The number of methoxy groups -OCH3 is 1. The first kappa shape index (κ1) is 7.47. The third kappa shape index (κ3) is 0.951. The largest absolute Gasteiger partial charge is 0.494 e. The van der Waals surface area contributed by atoms with Crippen LogP contribution in [0.1, 0.15) is 17.5 Å². The van der Waals surface area contributed by atoms with Gasteiger partial charge >= 0.3 is 0 Å². The molecule has 2 heteroatoms. The summed E-state index contributed by atoms with van der Waals surface area (Å²) in [5.41, 5.74) is 9.26. The lowest BCUT2D eigenvalue weighted by molar-refractivity contribution is 0.412. The number of anilines is 1. The molecule has 0 atom stereocenters. The molecular formula is C10H13NO. The van der Waals surface area contributed by atoms with Gasteiger partial charge in [-0.1, -0.05) is 6.07 Å². The number of aryl methyl sites for hydroxylation is 1. The van der Waals surface area contributed by atoms with E-state index in [0.717, 1.165) is 17.9 Å². The average molecular weight is 163 g/mol. The van der Waals surface area contributed by atoms with E-state index in [2.05, 4.69) is 6.07 Å².